The summed E-state index contributed by atoms with van der Waals surface area (Å²) in [5, 5.41) is 10.8. The Morgan fingerprint density at radius 2 is 1.95 bits per heavy atom. The molecule has 106 valence electrons. The summed E-state index contributed by atoms with van der Waals surface area (Å²) < 4.78 is 22.7. The van der Waals surface area contributed by atoms with Crippen molar-refractivity contribution >= 4 is 21.6 Å². The molecule has 4 N–H and O–H groups in total. The molecule has 1 aromatic carbocycles. The zero-order chi connectivity index (χ0) is 14.5. The Hall–Kier alpha value is -1.60. The zero-order valence-electron chi connectivity index (χ0n) is 11.0. The van der Waals surface area contributed by atoms with Gasteiger partial charge >= 0.3 is 0 Å². The van der Waals surface area contributed by atoms with Gasteiger partial charge in [-0.05, 0) is 26.0 Å². The number of nitrogens with one attached hydrogen (secondary N) is 2. The molecule has 0 atom stereocenters. The summed E-state index contributed by atoms with van der Waals surface area (Å²) in [6, 6.07) is 6.41. The van der Waals surface area contributed by atoms with Gasteiger partial charge in [0.1, 0.15) is 4.90 Å². The molecule has 19 heavy (non-hydrogen) atoms. The Balaban J connectivity index is 2.62. The van der Waals surface area contributed by atoms with Crippen molar-refractivity contribution in [1.82, 2.24) is 5.32 Å². The first kappa shape index (κ1) is 15.5. The van der Waals surface area contributed by atoms with Gasteiger partial charge in [-0.1, -0.05) is 12.1 Å². The van der Waals surface area contributed by atoms with Gasteiger partial charge in [-0.3, -0.25) is 4.79 Å². The van der Waals surface area contributed by atoms with Gasteiger partial charge in [-0.25, -0.2) is 13.6 Å². The fraction of sp³-hybridized carbons (Fsp3) is 0.417. The van der Waals surface area contributed by atoms with Crippen molar-refractivity contribution in [3.8, 4) is 0 Å². The molecule has 0 saturated carbocycles. The maximum Gasteiger partial charge on any atom is 0.240 e. The number of anilines is 1. The van der Waals surface area contributed by atoms with Gasteiger partial charge in [-0.15, -0.1) is 0 Å². The third-order valence-corrected chi connectivity index (χ3v) is 3.28. The van der Waals surface area contributed by atoms with Crippen LogP contribution in [0.4, 0.5) is 5.69 Å². The summed E-state index contributed by atoms with van der Waals surface area (Å²) >= 11 is 0. The number of carbonyl (C=O) groups is 1. The standard InChI is InChI=1S/C12H19N3O3S/c1-9(2)15-12(16)7-8-14-10-5-3-4-6-11(10)19(13,17)18/h3-6,9,14H,7-8H2,1-2H3,(H,15,16)(H2,13,17,18). The topological polar surface area (TPSA) is 101 Å². The smallest absolute Gasteiger partial charge is 0.240 e. The van der Waals surface area contributed by atoms with Crippen LogP contribution in [0, 0.1) is 0 Å². The van der Waals surface area contributed by atoms with Crippen LogP contribution in [0.3, 0.4) is 0 Å². The van der Waals surface area contributed by atoms with Gasteiger partial charge in [-0.2, -0.15) is 0 Å². The third kappa shape index (κ3) is 5.27. The van der Waals surface area contributed by atoms with Crippen LogP contribution in [-0.2, 0) is 14.8 Å². The Morgan fingerprint density at radius 3 is 2.53 bits per heavy atom. The molecule has 0 aliphatic heterocycles. The Morgan fingerprint density at radius 1 is 1.32 bits per heavy atom. The van der Waals surface area contributed by atoms with Crippen molar-refractivity contribution in [3.05, 3.63) is 24.3 Å². The number of para-hydroxylation sites is 1. The van der Waals surface area contributed by atoms with Crippen molar-refractivity contribution in [1.29, 1.82) is 0 Å². The van der Waals surface area contributed by atoms with Crippen molar-refractivity contribution in [2.45, 2.75) is 31.2 Å². The summed E-state index contributed by atoms with van der Waals surface area (Å²) in [5.41, 5.74) is 0.405. The molecule has 1 rings (SSSR count). The van der Waals surface area contributed by atoms with E-state index >= 15 is 0 Å². The summed E-state index contributed by atoms with van der Waals surface area (Å²) in [7, 11) is -3.77. The first-order chi connectivity index (χ1) is 8.80. The van der Waals surface area contributed by atoms with Crippen LogP contribution in [0.1, 0.15) is 20.3 Å². The van der Waals surface area contributed by atoms with E-state index in [0.29, 0.717) is 12.2 Å². The molecule has 0 saturated heterocycles. The molecule has 1 amide bonds. The van der Waals surface area contributed by atoms with Gasteiger partial charge in [0.05, 0.1) is 5.69 Å². The number of amides is 1. The number of hydrogen-bond donors (Lipinski definition) is 3. The number of primary sulfonamides is 1. The fourth-order valence-electron chi connectivity index (χ4n) is 1.57. The molecule has 0 aliphatic rings. The second kappa shape index (κ2) is 6.53. The molecule has 0 spiro atoms. The highest BCUT2D eigenvalue weighted by Crippen LogP contribution is 2.18. The van der Waals surface area contributed by atoms with Gasteiger partial charge in [0.2, 0.25) is 15.9 Å². The maximum absolute atomic E-state index is 11.4. The molecule has 6 nitrogen and oxygen atoms in total. The Labute approximate surface area is 113 Å². The Bertz CT molecular complexity index is 541. The van der Waals surface area contributed by atoms with Crippen molar-refractivity contribution < 1.29 is 13.2 Å². The van der Waals surface area contributed by atoms with Crippen LogP contribution in [0.25, 0.3) is 0 Å². The summed E-state index contributed by atoms with van der Waals surface area (Å²) in [5.74, 6) is -0.0874. The zero-order valence-corrected chi connectivity index (χ0v) is 11.8. The highest BCUT2D eigenvalue weighted by molar-refractivity contribution is 7.89. The second-order valence-electron chi connectivity index (χ2n) is 4.44. The van der Waals surface area contributed by atoms with Gasteiger partial charge < -0.3 is 10.6 Å². The molecule has 7 heteroatoms. The number of nitrogens with two attached hydrogens (primary N) is 1. The number of carbonyl (C=O) groups excluding carboxylic acids is 1. The number of sulfonamides is 1. The molecular formula is C12H19N3O3S. The highest BCUT2D eigenvalue weighted by Gasteiger charge is 2.12. The molecule has 0 bridgehead atoms. The predicted octanol–water partition coefficient (Wildman–Crippen LogP) is 0.661. The lowest BCUT2D eigenvalue weighted by molar-refractivity contribution is -0.121. The van der Waals surface area contributed by atoms with E-state index in [9.17, 15) is 13.2 Å². The Kier molecular flexibility index (Phi) is 5.31. The van der Waals surface area contributed by atoms with Crippen LogP contribution in [0.5, 0.6) is 0 Å². The molecule has 1 aromatic rings. The number of hydrogen-bond acceptors (Lipinski definition) is 4. The van der Waals surface area contributed by atoms with E-state index in [-0.39, 0.29) is 23.3 Å². The molecular weight excluding hydrogens is 266 g/mol. The monoisotopic (exact) mass is 285 g/mol. The first-order valence-electron chi connectivity index (χ1n) is 5.96. The molecule has 0 aromatic heterocycles. The molecule has 0 fully saturated rings. The summed E-state index contributed by atoms with van der Waals surface area (Å²) in [6.45, 7) is 4.09. The molecule has 0 heterocycles. The van der Waals surface area contributed by atoms with Crippen LogP contribution in [0.15, 0.2) is 29.2 Å². The van der Waals surface area contributed by atoms with E-state index in [1.807, 2.05) is 13.8 Å². The van der Waals surface area contributed by atoms with Gasteiger partial charge in [0, 0.05) is 19.0 Å². The largest absolute Gasteiger partial charge is 0.383 e. The third-order valence-electron chi connectivity index (χ3n) is 2.31. The number of rotatable bonds is 6. The maximum atomic E-state index is 11.4. The minimum absolute atomic E-state index is 0.0271. The van der Waals surface area contributed by atoms with Crippen molar-refractivity contribution in [2.24, 2.45) is 5.14 Å². The second-order valence-corrected chi connectivity index (χ2v) is 5.97. The van der Waals surface area contributed by atoms with E-state index < -0.39 is 10.0 Å². The summed E-state index contributed by atoms with van der Waals surface area (Å²) in [6.07, 6.45) is 0.261. The summed E-state index contributed by atoms with van der Waals surface area (Å²) in [4.78, 5) is 11.5. The van der Waals surface area contributed by atoms with Crippen LogP contribution < -0.4 is 15.8 Å². The van der Waals surface area contributed by atoms with Crippen LogP contribution >= 0.6 is 0 Å². The molecule has 0 radical (unpaired) electrons. The van der Waals surface area contributed by atoms with Crippen molar-refractivity contribution in [2.75, 3.05) is 11.9 Å². The lowest BCUT2D eigenvalue weighted by atomic mass is 10.3. The molecule has 0 unspecified atom stereocenters. The lowest BCUT2D eigenvalue weighted by Crippen LogP contribution is -2.31. The SMILES string of the molecule is CC(C)NC(=O)CCNc1ccccc1S(N)(=O)=O. The van der Waals surface area contributed by atoms with E-state index in [2.05, 4.69) is 10.6 Å². The number of benzene rings is 1. The van der Waals surface area contributed by atoms with E-state index in [4.69, 9.17) is 5.14 Å². The van der Waals surface area contributed by atoms with Crippen molar-refractivity contribution in [3.63, 3.8) is 0 Å². The van der Waals surface area contributed by atoms with E-state index in [0.717, 1.165) is 0 Å². The highest BCUT2D eigenvalue weighted by atomic mass is 32.2. The average Bonchev–Trinajstić information content (AvgIpc) is 2.27. The van der Waals surface area contributed by atoms with E-state index in [1.54, 1.807) is 18.2 Å². The lowest BCUT2D eigenvalue weighted by Gasteiger charge is -2.11. The minimum atomic E-state index is -3.77. The van der Waals surface area contributed by atoms with Crippen LogP contribution in [-0.4, -0.2) is 26.9 Å². The predicted molar refractivity (Wildman–Crippen MR) is 74.2 cm³/mol. The quantitative estimate of drug-likeness (QED) is 0.714. The normalized spacial score (nSPS) is 11.4. The molecule has 0 aliphatic carbocycles. The van der Waals surface area contributed by atoms with Gasteiger partial charge in [0.15, 0.2) is 0 Å². The average molecular weight is 285 g/mol. The fourth-order valence-corrected chi connectivity index (χ4v) is 2.28. The first-order valence-corrected chi connectivity index (χ1v) is 7.50. The minimum Gasteiger partial charge on any atom is -0.383 e. The van der Waals surface area contributed by atoms with E-state index in [1.165, 1.54) is 6.07 Å². The van der Waals surface area contributed by atoms with Crippen LogP contribution in [0.2, 0.25) is 0 Å². The van der Waals surface area contributed by atoms with Gasteiger partial charge in [0.25, 0.3) is 0 Å².